The molecule has 0 bridgehead atoms. The number of rotatable bonds is 3. The van der Waals surface area contributed by atoms with Crippen LogP contribution >= 0.6 is 11.6 Å². The Morgan fingerprint density at radius 3 is 3.06 bits per heavy atom. The van der Waals surface area contributed by atoms with E-state index in [0.29, 0.717) is 11.9 Å². The van der Waals surface area contributed by atoms with E-state index in [2.05, 4.69) is 16.8 Å². The van der Waals surface area contributed by atoms with Crippen LogP contribution in [-0.2, 0) is 0 Å². The highest BCUT2D eigenvalue weighted by Crippen LogP contribution is 2.32. The largest absolute Gasteiger partial charge is 0.478 e. The number of pyridine rings is 1. The van der Waals surface area contributed by atoms with Crippen LogP contribution in [0.5, 0.6) is 0 Å². The van der Waals surface area contributed by atoms with Crippen molar-refractivity contribution in [2.24, 2.45) is 0 Å². The van der Waals surface area contributed by atoms with Gasteiger partial charge in [0.15, 0.2) is 0 Å². The normalized spacial score (nSPS) is 19.9. The minimum absolute atomic E-state index is 0.127. The zero-order chi connectivity index (χ0) is 13.1. The van der Waals surface area contributed by atoms with Crippen molar-refractivity contribution in [1.82, 2.24) is 4.98 Å². The molecular weight excluding hydrogens is 252 g/mol. The van der Waals surface area contributed by atoms with Crippen molar-refractivity contribution in [3.05, 3.63) is 22.8 Å². The fourth-order valence-electron chi connectivity index (χ4n) is 2.50. The van der Waals surface area contributed by atoms with Crippen molar-refractivity contribution in [3.63, 3.8) is 0 Å². The predicted octanol–water partition coefficient (Wildman–Crippen LogP) is 3.20. The smallest absolute Gasteiger partial charge is 0.337 e. The van der Waals surface area contributed by atoms with Crippen LogP contribution in [0.25, 0.3) is 0 Å². The van der Waals surface area contributed by atoms with Crippen LogP contribution in [0.1, 0.15) is 43.0 Å². The number of aromatic nitrogens is 1. The van der Waals surface area contributed by atoms with E-state index < -0.39 is 5.97 Å². The lowest BCUT2D eigenvalue weighted by Crippen LogP contribution is -2.40. The molecule has 98 valence electrons. The van der Waals surface area contributed by atoms with Gasteiger partial charge in [-0.1, -0.05) is 18.5 Å². The molecule has 1 unspecified atom stereocenters. The second kappa shape index (κ2) is 5.57. The van der Waals surface area contributed by atoms with Crippen molar-refractivity contribution >= 4 is 23.4 Å². The van der Waals surface area contributed by atoms with Crippen molar-refractivity contribution in [2.75, 3.05) is 11.4 Å². The molecule has 1 aromatic heterocycles. The monoisotopic (exact) mass is 268 g/mol. The summed E-state index contributed by atoms with van der Waals surface area (Å²) >= 11 is 6.17. The van der Waals surface area contributed by atoms with Gasteiger partial charge in [-0.3, -0.25) is 0 Å². The third kappa shape index (κ3) is 2.43. The Labute approximate surface area is 112 Å². The molecule has 1 aliphatic rings. The van der Waals surface area contributed by atoms with Crippen LogP contribution in [0.3, 0.4) is 0 Å². The van der Waals surface area contributed by atoms with Gasteiger partial charge in [0.25, 0.3) is 0 Å². The highest BCUT2D eigenvalue weighted by Gasteiger charge is 2.25. The van der Waals surface area contributed by atoms with Gasteiger partial charge in [0.05, 0.1) is 10.6 Å². The summed E-state index contributed by atoms with van der Waals surface area (Å²) in [6.07, 6.45) is 5.98. The summed E-state index contributed by atoms with van der Waals surface area (Å²) in [4.78, 5) is 17.5. The van der Waals surface area contributed by atoms with Crippen molar-refractivity contribution in [1.29, 1.82) is 0 Å². The maximum Gasteiger partial charge on any atom is 0.337 e. The third-order valence-corrected chi connectivity index (χ3v) is 3.84. The summed E-state index contributed by atoms with van der Waals surface area (Å²) in [5, 5.41) is 9.34. The molecule has 0 spiro atoms. The number of anilines is 1. The maximum atomic E-state index is 11.1. The number of nitrogens with zero attached hydrogens (tertiary/aromatic N) is 2. The molecule has 1 atom stereocenters. The van der Waals surface area contributed by atoms with E-state index in [9.17, 15) is 4.79 Å². The molecule has 1 aliphatic heterocycles. The van der Waals surface area contributed by atoms with E-state index in [1.54, 1.807) is 0 Å². The second-order valence-electron chi connectivity index (χ2n) is 4.55. The molecule has 1 aromatic rings. The molecule has 2 rings (SSSR count). The Morgan fingerprint density at radius 1 is 1.61 bits per heavy atom. The molecule has 4 nitrogen and oxygen atoms in total. The van der Waals surface area contributed by atoms with Gasteiger partial charge in [-0.15, -0.1) is 0 Å². The first-order valence-electron chi connectivity index (χ1n) is 6.29. The number of hydrogen-bond donors (Lipinski definition) is 1. The number of hydrogen-bond acceptors (Lipinski definition) is 3. The molecule has 0 aliphatic carbocycles. The van der Waals surface area contributed by atoms with Gasteiger partial charge in [0.1, 0.15) is 5.82 Å². The quantitative estimate of drug-likeness (QED) is 0.915. The number of carboxylic acid groups (broad SMARTS) is 1. The highest BCUT2D eigenvalue weighted by molar-refractivity contribution is 6.35. The van der Waals surface area contributed by atoms with Crippen molar-refractivity contribution in [3.8, 4) is 0 Å². The molecule has 1 saturated heterocycles. The first kappa shape index (κ1) is 13.1. The van der Waals surface area contributed by atoms with Crippen LogP contribution in [0.4, 0.5) is 5.82 Å². The number of aromatic carboxylic acids is 1. The number of carboxylic acids is 1. The van der Waals surface area contributed by atoms with Crippen LogP contribution in [0.15, 0.2) is 12.3 Å². The van der Waals surface area contributed by atoms with E-state index in [-0.39, 0.29) is 10.6 Å². The Morgan fingerprint density at radius 2 is 2.39 bits per heavy atom. The van der Waals surface area contributed by atoms with Crippen LogP contribution in [0.2, 0.25) is 5.02 Å². The van der Waals surface area contributed by atoms with E-state index in [1.807, 2.05) is 0 Å². The minimum Gasteiger partial charge on any atom is -0.478 e. The van der Waals surface area contributed by atoms with Gasteiger partial charge in [0, 0.05) is 18.8 Å². The molecule has 18 heavy (non-hydrogen) atoms. The number of carbonyl (C=O) groups is 1. The molecular formula is C13H17ClN2O2. The van der Waals surface area contributed by atoms with E-state index in [4.69, 9.17) is 16.7 Å². The third-order valence-electron chi connectivity index (χ3n) is 3.47. The van der Waals surface area contributed by atoms with Crippen LogP contribution in [-0.4, -0.2) is 28.6 Å². The van der Waals surface area contributed by atoms with Gasteiger partial charge in [-0.2, -0.15) is 0 Å². The zero-order valence-corrected chi connectivity index (χ0v) is 11.2. The summed E-state index contributed by atoms with van der Waals surface area (Å²) in [7, 11) is 0. The summed E-state index contributed by atoms with van der Waals surface area (Å²) in [6.45, 7) is 3.03. The first-order chi connectivity index (χ1) is 8.65. The minimum atomic E-state index is -1.01. The average molecular weight is 269 g/mol. The maximum absolute atomic E-state index is 11.1. The van der Waals surface area contributed by atoms with E-state index in [1.165, 1.54) is 18.7 Å². The van der Waals surface area contributed by atoms with Gasteiger partial charge in [-0.05, 0) is 31.7 Å². The SMILES string of the molecule is CCC1CCCCN1c1nccc(C(=O)O)c1Cl. The molecule has 5 heteroatoms. The van der Waals surface area contributed by atoms with Crippen molar-refractivity contribution in [2.45, 2.75) is 38.6 Å². The lowest BCUT2D eigenvalue weighted by Gasteiger charge is -2.36. The topological polar surface area (TPSA) is 53.4 Å². The Kier molecular flexibility index (Phi) is 4.07. The fourth-order valence-corrected chi connectivity index (χ4v) is 2.80. The molecule has 0 amide bonds. The molecule has 2 heterocycles. The lowest BCUT2D eigenvalue weighted by molar-refractivity contribution is 0.0697. The van der Waals surface area contributed by atoms with Gasteiger partial charge in [0.2, 0.25) is 0 Å². The summed E-state index contributed by atoms with van der Waals surface area (Å²) in [5.41, 5.74) is 0.127. The van der Waals surface area contributed by atoms with Crippen molar-refractivity contribution < 1.29 is 9.90 Å². The second-order valence-corrected chi connectivity index (χ2v) is 4.93. The zero-order valence-electron chi connectivity index (χ0n) is 10.4. The first-order valence-corrected chi connectivity index (χ1v) is 6.67. The summed E-state index contributed by atoms with van der Waals surface area (Å²) in [5.74, 6) is -0.392. The van der Waals surface area contributed by atoms with Crippen LogP contribution < -0.4 is 4.90 Å². The van der Waals surface area contributed by atoms with Gasteiger partial charge >= 0.3 is 5.97 Å². The Hall–Kier alpha value is -1.29. The van der Waals surface area contributed by atoms with Gasteiger partial charge < -0.3 is 10.0 Å². The Balaban J connectivity index is 2.37. The summed E-state index contributed by atoms with van der Waals surface area (Å²) < 4.78 is 0. The molecule has 1 N–H and O–H groups in total. The predicted molar refractivity (Wildman–Crippen MR) is 71.5 cm³/mol. The van der Waals surface area contributed by atoms with Gasteiger partial charge in [-0.25, -0.2) is 9.78 Å². The molecule has 0 aromatic carbocycles. The lowest BCUT2D eigenvalue weighted by atomic mass is 10.00. The Bertz CT molecular complexity index is 451. The van der Waals surface area contributed by atoms with E-state index in [0.717, 1.165) is 25.8 Å². The molecule has 1 fully saturated rings. The molecule has 0 saturated carbocycles. The highest BCUT2D eigenvalue weighted by atomic mass is 35.5. The number of halogens is 1. The van der Waals surface area contributed by atoms with E-state index >= 15 is 0 Å². The number of piperidine rings is 1. The van der Waals surface area contributed by atoms with Crippen LogP contribution in [0, 0.1) is 0 Å². The molecule has 0 radical (unpaired) electrons. The fraction of sp³-hybridized carbons (Fsp3) is 0.538. The summed E-state index contributed by atoms with van der Waals surface area (Å²) in [6, 6.07) is 1.85. The average Bonchev–Trinajstić information content (AvgIpc) is 2.38. The standard InChI is InChI=1S/C13H17ClN2O2/c1-2-9-5-3-4-8-16(9)12-11(14)10(13(17)18)6-7-15-12/h6-7,9H,2-5,8H2,1H3,(H,17,18).